The van der Waals surface area contributed by atoms with Gasteiger partial charge in [-0.2, -0.15) is 0 Å². The number of Topliss-reactive ketones (excluding diaryl/α,β-unsaturated/α-hetero) is 2. The molecule has 0 radical (unpaired) electrons. The maximum Gasteiger partial charge on any atom is 0.137 e. The molecule has 0 unspecified atom stereocenters. The van der Waals surface area contributed by atoms with Gasteiger partial charge in [0, 0.05) is 31.8 Å². The van der Waals surface area contributed by atoms with Crippen LogP contribution in [0.3, 0.4) is 0 Å². The first-order chi connectivity index (χ1) is 7.07. The smallest absolute Gasteiger partial charge is 0.137 e. The minimum absolute atomic E-state index is 0.0928. The van der Waals surface area contributed by atoms with Crippen LogP contribution in [0, 0.1) is 5.92 Å². The summed E-state index contributed by atoms with van der Waals surface area (Å²) in [7, 11) is 0. The van der Waals surface area contributed by atoms with Crippen LogP contribution in [0.15, 0.2) is 0 Å². The van der Waals surface area contributed by atoms with Crippen LogP contribution in [0.5, 0.6) is 0 Å². The molecule has 0 bridgehead atoms. The minimum atomic E-state index is 0.0928. The van der Waals surface area contributed by atoms with Crippen LogP contribution < -0.4 is 0 Å². The van der Waals surface area contributed by atoms with Gasteiger partial charge in [0.25, 0.3) is 0 Å². The van der Waals surface area contributed by atoms with Crippen molar-refractivity contribution < 1.29 is 14.3 Å². The Bertz CT molecular complexity index is 197. The molecule has 3 heteroatoms. The van der Waals surface area contributed by atoms with Gasteiger partial charge in [0.1, 0.15) is 11.6 Å². The molecular weight excluding hydrogens is 192 g/mol. The van der Waals surface area contributed by atoms with E-state index in [1.54, 1.807) is 0 Å². The van der Waals surface area contributed by atoms with Crippen LogP contribution in [-0.2, 0) is 14.3 Å². The summed E-state index contributed by atoms with van der Waals surface area (Å²) in [5.41, 5.74) is 0. The van der Waals surface area contributed by atoms with Crippen molar-refractivity contribution in [3.8, 4) is 0 Å². The van der Waals surface area contributed by atoms with E-state index in [1.165, 1.54) is 0 Å². The fraction of sp³-hybridized carbons (Fsp3) is 0.833. The van der Waals surface area contributed by atoms with Crippen molar-refractivity contribution in [2.24, 2.45) is 5.92 Å². The van der Waals surface area contributed by atoms with E-state index in [-0.39, 0.29) is 17.5 Å². The first-order valence-corrected chi connectivity index (χ1v) is 5.70. The summed E-state index contributed by atoms with van der Waals surface area (Å²) in [5.74, 6) is 0.603. The number of carbonyl (C=O) groups excluding carboxylic acids is 2. The standard InChI is InChI=1S/C12H22O3/c1-4-11(13)6-5-8-15-9-7-12(14)10(2)3/h10H,4-9H2,1-3H3. The summed E-state index contributed by atoms with van der Waals surface area (Å²) in [6, 6.07) is 0. The van der Waals surface area contributed by atoms with Crippen molar-refractivity contribution in [2.75, 3.05) is 13.2 Å². The van der Waals surface area contributed by atoms with E-state index in [1.807, 2.05) is 20.8 Å². The molecule has 0 saturated carbocycles. The highest BCUT2D eigenvalue weighted by Gasteiger charge is 2.06. The third-order valence-corrected chi connectivity index (χ3v) is 2.28. The lowest BCUT2D eigenvalue weighted by Crippen LogP contribution is -2.11. The maximum absolute atomic E-state index is 11.2. The molecule has 0 heterocycles. The SMILES string of the molecule is CCC(=O)CCCOCCC(=O)C(C)C. The van der Waals surface area contributed by atoms with Crippen molar-refractivity contribution in [3.63, 3.8) is 0 Å². The normalized spacial score (nSPS) is 10.7. The molecule has 0 aromatic rings. The fourth-order valence-corrected chi connectivity index (χ4v) is 1.11. The molecule has 0 rings (SSSR count). The van der Waals surface area contributed by atoms with Gasteiger partial charge in [-0.1, -0.05) is 20.8 Å². The lowest BCUT2D eigenvalue weighted by atomic mass is 10.1. The molecular formula is C12H22O3. The number of carbonyl (C=O) groups is 2. The highest BCUT2D eigenvalue weighted by molar-refractivity contribution is 5.80. The van der Waals surface area contributed by atoms with Crippen LogP contribution in [0.4, 0.5) is 0 Å². The molecule has 0 aliphatic carbocycles. The molecule has 3 nitrogen and oxygen atoms in total. The molecule has 0 N–H and O–H groups in total. The highest BCUT2D eigenvalue weighted by atomic mass is 16.5. The maximum atomic E-state index is 11.2. The Hall–Kier alpha value is -0.700. The van der Waals surface area contributed by atoms with Crippen molar-refractivity contribution in [1.82, 2.24) is 0 Å². The second-order valence-electron chi connectivity index (χ2n) is 3.98. The average Bonchev–Trinajstić information content (AvgIpc) is 2.22. The van der Waals surface area contributed by atoms with E-state index in [4.69, 9.17) is 4.74 Å². The van der Waals surface area contributed by atoms with Crippen LogP contribution in [0.25, 0.3) is 0 Å². The van der Waals surface area contributed by atoms with Crippen molar-refractivity contribution in [1.29, 1.82) is 0 Å². The molecule has 0 saturated heterocycles. The number of rotatable bonds is 9. The molecule has 0 aliphatic heterocycles. The van der Waals surface area contributed by atoms with Gasteiger partial charge in [0.15, 0.2) is 0 Å². The zero-order valence-electron chi connectivity index (χ0n) is 10.0. The van der Waals surface area contributed by atoms with Gasteiger partial charge in [-0.05, 0) is 6.42 Å². The molecule has 0 spiro atoms. The van der Waals surface area contributed by atoms with Crippen LogP contribution >= 0.6 is 0 Å². The van der Waals surface area contributed by atoms with Gasteiger partial charge in [0.05, 0.1) is 6.61 Å². The number of hydrogen-bond acceptors (Lipinski definition) is 3. The predicted octanol–water partition coefficient (Wildman–Crippen LogP) is 2.38. The van der Waals surface area contributed by atoms with E-state index >= 15 is 0 Å². The lowest BCUT2D eigenvalue weighted by molar-refractivity contribution is -0.123. The summed E-state index contributed by atoms with van der Waals surface area (Å²) in [6.45, 7) is 6.71. The van der Waals surface area contributed by atoms with Gasteiger partial charge in [-0.25, -0.2) is 0 Å². The molecule has 0 atom stereocenters. The zero-order valence-corrected chi connectivity index (χ0v) is 10.0. The van der Waals surface area contributed by atoms with E-state index in [0.29, 0.717) is 32.5 Å². The van der Waals surface area contributed by atoms with Crippen LogP contribution in [-0.4, -0.2) is 24.8 Å². The average molecular weight is 214 g/mol. The lowest BCUT2D eigenvalue weighted by Gasteiger charge is -2.05. The fourth-order valence-electron chi connectivity index (χ4n) is 1.11. The van der Waals surface area contributed by atoms with Gasteiger partial charge < -0.3 is 4.74 Å². The first-order valence-electron chi connectivity index (χ1n) is 5.70. The van der Waals surface area contributed by atoms with E-state index in [9.17, 15) is 9.59 Å². The zero-order chi connectivity index (χ0) is 11.7. The predicted molar refractivity (Wildman–Crippen MR) is 59.8 cm³/mol. The molecule has 0 aromatic carbocycles. The Kier molecular flexibility index (Phi) is 8.19. The highest BCUT2D eigenvalue weighted by Crippen LogP contribution is 2.00. The van der Waals surface area contributed by atoms with Crippen molar-refractivity contribution >= 4 is 11.6 Å². The minimum Gasteiger partial charge on any atom is -0.381 e. The summed E-state index contributed by atoms with van der Waals surface area (Å²) in [6.07, 6.45) is 2.45. The Morgan fingerprint density at radius 2 is 1.80 bits per heavy atom. The Morgan fingerprint density at radius 1 is 1.13 bits per heavy atom. The first kappa shape index (κ1) is 14.3. The number of ketones is 2. The van der Waals surface area contributed by atoms with Gasteiger partial charge in [0.2, 0.25) is 0 Å². The van der Waals surface area contributed by atoms with E-state index in [2.05, 4.69) is 0 Å². The van der Waals surface area contributed by atoms with Crippen LogP contribution in [0.1, 0.15) is 46.5 Å². The number of hydrogen-bond donors (Lipinski definition) is 0. The Morgan fingerprint density at radius 3 is 2.33 bits per heavy atom. The summed E-state index contributed by atoms with van der Waals surface area (Å²) >= 11 is 0. The largest absolute Gasteiger partial charge is 0.381 e. The second-order valence-corrected chi connectivity index (χ2v) is 3.98. The molecule has 0 aliphatic rings. The van der Waals surface area contributed by atoms with Crippen molar-refractivity contribution in [3.05, 3.63) is 0 Å². The van der Waals surface area contributed by atoms with Gasteiger partial charge in [-0.15, -0.1) is 0 Å². The summed E-state index contributed by atoms with van der Waals surface area (Å²) in [4.78, 5) is 22.1. The quantitative estimate of drug-likeness (QED) is 0.553. The third-order valence-electron chi connectivity index (χ3n) is 2.28. The molecule has 0 amide bonds. The van der Waals surface area contributed by atoms with Gasteiger partial charge in [-0.3, -0.25) is 9.59 Å². The summed E-state index contributed by atoms with van der Waals surface area (Å²) in [5, 5.41) is 0. The van der Waals surface area contributed by atoms with Gasteiger partial charge >= 0.3 is 0 Å². The number of ether oxygens (including phenoxy) is 1. The topological polar surface area (TPSA) is 43.4 Å². The third kappa shape index (κ3) is 8.30. The monoisotopic (exact) mass is 214 g/mol. The molecule has 0 aromatic heterocycles. The molecule has 15 heavy (non-hydrogen) atoms. The Balaban J connectivity index is 3.25. The van der Waals surface area contributed by atoms with Crippen LogP contribution in [0.2, 0.25) is 0 Å². The van der Waals surface area contributed by atoms with Crippen molar-refractivity contribution in [2.45, 2.75) is 46.5 Å². The van der Waals surface area contributed by atoms with E-state index in [0.717, 1.165) is 6.42 Å². The Labute approximate surface area is 92.2 Å². The summed E-state index contributed by atoms with van der Waals surface area (Å²) < 4.78 is 5.28. The van der Waals surface area contributed by atoms with E-state index < -0.39 is 0 Å². The second kappa shape index (κ2) is 8.60. The molecule has 0 fully saturated rings. The molecule has 88 valence electrons.